The first kappa shape index (κ1) is 12.9. The normalized spacial score (nSPS) is 10.4. The number of hydrogen-bond acceptors (Lipinski definition) is 7. The molecule has 0 unspecified atom stereocenters. The zero-order valence-corrected chi connectivity index (χ0v) is 10.7. The van der Waals surface area contributed by atoms with Gasteiger partial charge < -0.3 is 10.5 Å². The van der Waals surface area contributed by atoms with E-state index in [2.05, 4.69) is 24.8 Å². The molecule has 8 heteroatoms. The lowest BCUT2D eigenvalue weighted by Gasteiger charge is -2.04. The predicted molar refractivity (Wildman–Crippen MR) is 66.7 cm³/mol. The van der Waals surface area contributed by atoms with Crippen molar-refractivity contribution in [3.8, 4) is 5.82 Å². The summed E-state index contributed by atoms with van der Waals surface area (Å²) in [6.45, 7) is 2.02. The molecule has 0 aliphatic rings. The number of methoxy groups -OCH3 is 1. The van der Waals surface area contributed by atoms with Crippen molar-refractivity contribution in [2.45, 2.75) is 19.8 Å². The van der Waals surface area contributed by atoms with Gasteiger partial charge in [-0.1, -0.05) is 6.92 Å². The summed E-state index contributed by atoms with van der Waals surface area (Å²) in [5.74, 6) is 0.820. The van der Waals surface area contributed by atoms with Gasteiger partial charge in [0.15, 0.2) is 5.82 Å². The summed E-state index contributed by atoms with van der Waals surface area (Å²) in [7, 11) is 1.27. The number of nitrogen functional groups attached to an aromatic ring is 1. The molecule has 0 atom stereocenters. The number of carbonyl (C=O) groups is 1. The maximum absolute atomic E-state index is 11.3. The van der Waals surface area contributed by atoms with Crippen LogP contribution in [0.25, 0.3) is 5.82 Å². The summed E-state index contributed by atoms with van der Waals surface area (Å²) in [6.07, 6.45) is 3.01. The van der Waals surface area contributed by atoms with Gasteiger partial charge in [-0.25, -0.2) is 24.4 Å². The molecule has 0 bridgehead atoms. The van der Waals surface area contributed by atoms with Gasteiger partial charge in [0, 0.05) is 12.5 Å². The van der Waals surface area contributed by atoms with Gasteiger partial charge in [0.25, 0.3) is 5.82 Å². The molecule has 0 saturated heterocycles. The fourth-order valence-electron chi connectivity index (χ4n) is 1.51. The first-order valence-corrected chi connectivity index (χ1v) is 5.77. The van der Waals surface area contributed by atoms with Crippen molar-refractivity contribution in [1.82, 2.24) is 24.7 Å². The van der Waals surface area contributed by atoms with Gasteiger partial charge >= 0.3 is 5.97 Å². The lowest BCUT2D eigenvalue weighted by molar-refractivity contribution is 0.0587. The Morgan fingerprint density at radius 3 is 2.95 bits per heavy atom. The van der Waals surface area contributed by atoms with Crippen LogP contribution in [0.15, 0.2) is 12.4 Å². The summed E-state index contributed by atoms with van der Waals surface area (Å²) in [6, 6.07) is 1.56. The quantitative estimate of drug-likeness (QED) is 0.793. The Balaban J connectivity index is 2.35. The van der Waals surface area contributed by atoms with E-state index in [0.29, 0.717) is 17.5 Å². The van der Waals surface area contributed by atoms with E-state index in [1.165, 1.54) is 18.1 Å². The Labute approximate surface area is 109 Å². The molecular formula is C11H14N6O2. The zero-order valence-electron chi connectivity index (χ0n) is 10.7. The van der Waals surface area contributed by atoms with E-state index in [1.807, 2.05) is 6.92 Å². The van der Waals surface area contributed by atoms with Crippen LogP contribution in [0, 0.1) is 0 Å². The molecule has 0 amide bonds. The second kappa shape index (κ2) is 5.42. The number of anilines is 1. The summed E-state index contributed by atoms with van der Waals surface area (Å²) in [5.41, 5.74) is 5.72. The number of hydrogen-bond donors (Lipinski definition) is 1. The standard InChI is InChI=1S/C11H14N6O2/c1-3-4-8-14-7(12)5-9(15-8)17-6-13-10(16-17)11(18)19-2/h5-6H,3-4H2,1-2H3,(H2,12,14,15). The van der Waals surface area contributed by atoms with Gasteiger partial charge in [-0.3, -0.25) is 0 Å². The molecule has 0 saturated carbocycles. The Bertz CT molecular complexity index is 595. The van der Waals surface area contributed by atoms with Gasteiger partial charge in [-0.15, -0.1) is 5.10 Å². The molecule has 0 fully saturated rings. The van der Waals surface area contributed by atoms with Crippen LogP contribution in [0.2, 0.25) is 0 Å². The van der Waals surface area contributed by atoms with Crippen molar-refractivity contribution >= 4 is 11.8 Å². The fraction of sp³-hybridized carbons (Fsp3) is 0.364. The third-order valence-corrected chi connectivity index (χ3v) is 2.35. The van der Waals surface area contributed by atoms with E-state index in [9.17, 15) is 4.79 Å². The van der Waals surface area contributed by atoms with Gasteiger partial charge in [-0.2, -0.15) is 0 Å². The highest BCUT2D eigenvalue weighted by Gasteiger charge is 2.13. The van der Waals surface area contributed by atoms with Crippen LogP contribution in [-0.4, -0.2) is 37.8 Å². The molecule has 0 radical (unpaired) electrons. The van der Waals surface area contributed by atoms with E-state index in [1.54, 1.807) is 6.07 Å². The number of carbonyl (C=O) groups excluding carboxylic acids is 1. The van der Waals surface area contributed by atoms with Crippen LogP contribution in [0.5, 0.6) is 0 Å². The number of rotatable bonds is 4. The van der Waals surface area contributed by atoms with Gasteiger partial charge in [0.05, 0.1) is 7.11 Å². The summed E-state index contributed by atoms with van der Waals surface area (Å²) >= 11 is 0. The summed E-state index contributed by atoms with van der Waals surface area (Å²) < 4.78 is 5.90. The van der Waals surface area contributed by atoms with Crippen molar-refractivity contribution in [3.63, 3.8) is 0 Å². The average Bonchev–Trinajstić information content (AvgIpc) is 2.87. The lowest BCUT2D eigenvalue weighted by Crippen LogP contribution is -2.08. The number of nitrogens with two attached hydrogens (primary N) is 1. The molecule has 0 spiro atoms. The monoisotopic (exact) mass is 262 g/mol. The van der Waals surface area contributed by atoms with Gasteiger partial charge in [0.2, 0.25) is 0 Å². The van der Waals surface area contributed by atoms with E-state index in [0.717, 1.165) is 12.8 Å². The van der Waals surface area contributed by atoms with Crippen LogP contribution >= 0.6 is 0 Å². The fourth-order valence-corrected chi connectivity index (χ4v) is 1.51. The molecule has 0 aromatic carbocycles. The molecule has 2 rings (SSSR count). The molecule has 19 heavy (non-hydrogen) atoms. The van der Waals surface area contributed by atoms with Crippen molar-refractivity contribution in [3.05, 3.63) is 24.0 Å². The molecule has 100 valence electrons. The maximum atomic E-state index is 11.3. The number of esters is 1. The van der Waals surface area contributed by atoms with Gasteiger partial charge in [0.1, 0.15) is 18.0 Å². The topological polar surface area (TPSA) is 109 Å². The highest BCUT2D eigenvalue weighted by atomic mass is 16.5. The molecule has 0 aliphatic carbocycles. The van der Waals surface area contributed by atoms with Crippen LogP contribution in [0.4, 0.5) is 5.82 Å². The molecule has 2 aromatic heterocycles. The van der Waals surface area contributed by atoms with Crippen LogP contribution in [0.3, 0.4) is 0 Å². The average molecular weight is 262 g/mol. The third-order valence-electron chi connectivity index (χ3n) is 2.35. The number of nitrogens with zero attached hydrogens (tertiary/aromatic N) is 5. The molecule has 2 N–H and O–H groups in total. The largest absolute Gasteiger partial charge is 0.463 e. The zero-order chi connectivity index (χ0) is 13.8. The number of aryl methyl sites for hydroxylation is 1. The molecule has 2 heterocycles. The van der Waals surface area contributed by atoms with E-state index >= 15 is 0 Å². The highest BCUT2D eigenvalue weighted by Crippen LogP contribution is 2.09. The smallest absolute Gasteiger partial charge is 0.377 e. The molecule has 2 aromatic rings. The molecule has 0 aliphatic heterocycles. The molecular weight excluding hydrogens is 248 g/mol. The summed E-state index contributed by atoms with van der Waals surface area (Å²) in [4.78, 5) is 23.6. The Morgan fingerprint density at radius 1 is 1.47 bits per heavy atom. The third kappa shape index (κ3) is 2.84. The minimum absolute atomic E-state index is 0.0308. The second-order valence-electron chi connectivity index (χ2n) is 3.82. The van der Waals surface area contributed by atoms with Gasteiger partial charge in [-0.05, 0) is 6.42 Å². The van der Waals surface area contributed by atoms with Crippen molar-refractivity contribution in [2.75, 3.05) is 12.8 Å². The minimum Gasteiger partial charge on any atom is -0.463 e. The first-order chi connectivity index (χ1) is 9.13. The predicted octanol–water partition coefficient (Wildman–Crippen LogP) is 0.379. The number of aromatic nitrogens is 5. The van der Waals surface area contributed by atoms with Crippen LogP contribution in [-0.2, 0) is 11.2 Å². The Kier molecular flexibility index (Phi) is 3.69. The summed E-state index contributed by atoms with van der Waals surface area (Å²) in [5, 5.41) is 3.98. The van der Waals surface area contributed by atoms with Crippen molar-refractivity contribution in [2.24, 2.45) is 0 Å². The van der Waals surface area contributed by atoms with E-state index in [-0.39, 0.29) is 5.82 Å². The van der Waals surface area contributed by atoms with Crippen LogP contribution in [0.1, 0.15) is 29.8 Å². The van der Waals surface area contributed by atoms with Crippen LogP contribution < -0.4 is 5.73 Å². The van der Waals surface area contributed by atoms with E-state index in [4.69, 9.17) is 5.73 Å². The SMILES string of the molecule is CCCc1nc(N)cc(-n2cnc(C(=O)OC)n2)n1. The highest BCUT2D eigenvalue weighted by molar-refractivity contribution is 5.84. The molecule has 8 nitrogen and oxygen atoms in total. The second-order valence-corrected chi connectivity index (χ2v) is 3.82. The lowest BCUT2D eigenvalue weighted by atomic mass is 10.3. The Hall–Kier alpha value is -2.51. The van der Waals surface area contributed by atoms with Crippen molar-refractivity contribution < 1.29 is 9.53 Å². The van der Waals surface area contributed by atoms with Crippen molar-refractivity contribution in [1.29, 1.82) is 0 Å². The Morgan fingerprint density at radius 2 is 2.26 bits per heavy atom. The van der Waals surface area contributed by atoms with E-state index < -0.39 is 5.97 Å². The minimum atomic E-state index is -0.602. The first-order valence-electron chi connectivity index (χ1n) is 5.77. The number of ether oxygens (including phenoxy) is 1. The maximum Gasteiger partial charge on any atom is 0.377 e.